The zero-order valence-electron chi connectivity index (χ0n) is 9.19. The van der Waals surface area contributed by atoms with Crippen LogP contribution in [0.25, 0.3) is 0 Å². The molecule has 9 heteroatoms. The summed E-state index contributed by atoms with van der Waals surface area (Å²) in [5.41, 5.74) is 0.116. The van der Waals surface area contributed by atoms with E-state index < -0.39 is 33.5 Å². The molecule has 1 heterocycles. The predicted molar refractivity (Wildman–Crippen MR) is 56.3 cm³/mol. The highest BCUT2D eigenvalue weighted by molar-refractivity contribution is 7.43. The van der Waals surface area contributed by atoms with Crippen molar-refractivity contribution in [2.45, 2.75) is 12.3 Å². The monoisotopic (exact) mass is 298 g/mol. The summed E-state index contributed by atoms with van der Waals surface area (Å²) in [6.07, 6.45) is -3.87. The van der Waals surface area contributed by atoms with Crippen LogP contribution in [0.4, 0.5) is 17.6 Å². The molecule has 1 atom stereocenters. The van der Waals surface area contributed by atoms with E-state index in [9.17, 15) is 22.4 Å². The lowest BCUT2D eigenvalue weighted by Crippen LogP contribution is -2.32. The smallest absolute Gasteiger partial charge is 0.417 e. The Bertz CT molecular complexity index is 482. The summed E-state index contributed by atoms with van der Waals surface area (Å²) < 4.78 is 63.1. The highest BCUT2D eigenvalue weighted by atomic mass is 31.2. The fraction of sp³-hybridized carbons (Fsp3) is 0.300. The second-order valence-corrected chi connectivity index (χ2v) is 4.60. The summed E-state index contributed by atoms with van der Waals surface area (Å²) in [5, 5.41) is 0. The van der Waals surface area contributed by atoms with Gasteiger partial charge in [-0.1, -0.05) is 12.1 Å². The zero-order valence-corrected chi connectivity index (χ0v) is 10.1. The number of fused-ring (bicyclic) bond motifs is 1. The van der Waals surface area contributed by atoms with Gasteiger partial charge in [0.25, 0.3) is 0 Å². The first-order chi connectivity index (χ1) is 8.90. The van der Waals surface area contributed by atoms with Gasteiger partial charge in [0.2, 0.25) is 0 Å². The van der Waals surface area contributed by atoms with Crippen LogP contribution in [-0.4, -0.2) is 24.9 Å². The summed E-state index contributed by atoms with van der Waals surface area (Å²) in [4.78, 5) is 11.5. The van der Waals surface area contributed by atoms with Crippen molar-refractivity contribution in [1.82, 2.24) is 0 Å². The van der Waals surface area contributed by atoms with Crippen LogP contribution in [0.1, 0.15) is 10.4 Å². The Morgan fingerprint density at radius 1 is 1.26 bits per heavy atom. The van der Waals surface area contributed by atoms with Gasteiger partial charge in [0.05, 0.1) is 0 Å². The molecule has 0 amide bonds. The Labute approximate surface area is 106 Å². The Kier molecular flexibility index (Phi) is 3.91. The highest BCUT2D eigenvalue weighted by Crippen LogP contribution is 2.47. The van der Waals surface area contributed by atoms with Crippen LogP contribution in [0.5, 0.6) is 5.75 Å². The van der Waals surface area contributed by atoms with Gasteiger partial charge in [0.15, 0.2) is 0 Å². The lowest BCUT2D eigenvalue weighted by molar-refractivity contribution is -0.149. The molecule has 0 spiro atoms. The Morgan fingerprint density at radius 3 is 2.63 bits per heavy atom. The van der Waals surface area contributed by atoms with Crippen LogP contribution in [0.15, 0.2) is 24.3 Å². The van der Waals surface area contributed by atoms with Crippen LogP contribution < -0.4 is 4.52 Å². The molecule has 2 rings (SSSR count). The van der Waals surface area contributed by atoms with Crippen LogP contribution >= 0.6 is 8.60 Å². The number of halogens is 4. The van der Waals surface area contributed by atoms with Gasteiger partial charge in [0.1, 0.15) is 17.9 Å². The first kappa shape index (κ1) is 14.0. The van der Waals surface area contributed by atoms with Crippen molar-refractivity contribution in [2.24, 2.45) is 0 Å². The van der Waals surface area contributed by atoms with Gasteiger partial charge in [-0.2, -0.15) is 8.78 Å². The third kappa shape index (κ3) is 3.13. The minimum Gasteiger partial charge on any atom is -0.417 e. The zero-order chi connectivity index (χ0) is 14.0. The molecule has 1 aliphatic rings. The second-order valence-electron chi connectivity index (χ2n) is 3.52. The van der Waals surface area contributed by atoms with E-state index in [0.717, 1.165) is 0 Å². The number of alkyl halides is 4. The summed E-state index contributed by atoms with van der Waals surface area (Å²) in [6, 6.07) is 5.94. The van der Waals surface area contributed by atoms with Crippen molar-refractivity contribution >= 4 is 14.6 Å². The molecule has 0 aliphatic carbocycles. The Hall–Kier alpha value is -1.40. The molecular formula is C10H7F4O4P. The number of hydrogen-bond acceptors (Lipinski definition) is 4. The van der Waals surface area contributed by atoms with Crippen LogP contribution in [0, 0.1) is 0 Å². The molecule has 0 saturated carbocycles. The summed E-state index contributed by atoms with van der Waals surface area (Å²) in [7, 11) is -2.45. The topological polar surface area (TPSA) is 44.8 Å². The number of carbonyl (C=O) groups excluding carboxylic acids is 1. The lowest BCUT2D eigenvalue weighted by Gasteiger charge is -2.24. The molecule has 0 saturated heterocycles. The molecule has 1 unspecified atom stereocenters. The number of carbonyl (C=O) groups is 1. The average Bonchev–Trinajstić information content (AvgIpc) is 2.36. The van der Waals surface area contributed by atoms with E-state index in [0.29, 0.717) is 0 Å². The van der Waals surface area contributed by atoms with Gasteiger partial charge in [-0.05, 0) is 12.1 Å². The SMILES string of the molecule is O=C1OP(OCC(F)(F)C(F)F)Oc2ccccc21. The third-order valence-electron chi connectivity index (χ3n) is 2.12. The number of benzene rings is 1. The molecule has 19 heavy (non-hydrogen) atoms. The average molecular weight is 298 g/mol. The maximum Gasteiger partial charge on any atom is 0.465 e. The second kappa shape index (κ2) is 5.30. The van der Waals surface area contributed by atoms with E-state index in [4.69, 9.17) is 4.52 Å². The Balaban J connectivity index is 2.01. The van der Waals surface area contributed by atoms with E-state index in [1.54, 1.807) is 12.1 Å². The van der Waals surface area contributed by atoms with Crippen molar-refractivity contribution < 1.29 is 35.9 Å². The van der Waals surface area contributed by atoms with Gasteiger partial charge < -0.3 is 9.05 Å². The number of para-hydroxylation sites is 1. The molecule has 1 aliphatic heterocycles. The minimum absolute atomic E-state index is 0.102. The standard InChI is InChI=1S/C10H7F4O4P/c11-9(12)10(13,14)5-16-19-17-7-4-2-1-3-6(7)8(15)18-19/h1-4,9H,5H2. The van der Waals surface area contributed by atoms with E-state index >= 15 is 0 Å². The van der Waals surface area contributed by atoms with E-state index in [2.05, 4.69) is 9.05 Å². The van der Waals surface area contributed by atoms with E-state index in [1.807, 2.05) is 0 Å². The van der Waals surface area contributed by atoms with Crippen molar-refractivity contribution in [2.75, 3.05) is 6.61 Å². The molecule has 0 N–H and O–H groups in total. The van der Waals surface area contributed by atoms with Gasteiger partial charge in [0, 0.05) is 0 Å². The van der Waals surface area contributed by atoms with Gasteiger partial charge in [-0.25, -0.2) is 13.6 Å². The Morgan fingerprint density at radius 2 is 1.95 bits per heavy atom. The van der Waals surface area contributed by atoms with Crippen LogP contribution in [0.2, 0.25) is 0 Å². The lowest BCUT2D eigenvalue weighted by atomic mass is 10.2. The first-order valence-electron chi connectivity index (χ1n) is 4.98. The predicted octanol–water partition coefficient (Wildman–Crippen LogP) is 3.38. The first-order valence-corrected chi connectivity index (χ1v) is 6.08. The molecule has 4 nitrogen and oxygen atoms in total. The molecule has 0 radical (unpaired) electrons. The fourth-order valence-corrected chi connectivity index (χ4v) is 2.16. The third-order valence-corrected chi connectivity index (χ3v) is 3.12. The van der Waals surface area contributed by atoms with Crippen LogP contribution in [0.3, 0.4) is 0 Å². The molecule has 1 aromatic carbocycles. The van der Waals surface area contributed by atoms with Crippen molar-refractivity contribution in [3.63, 3.8) is 0 Å². The fourth-order valence-electron chi connectivity index (χ4n) is 1.19. The van der Waals surface area contributed by atoms with Crippen LogP contribution in [-0.2, 0) is 9.05 Å². The normalized spacial score (nSPS) is 18.8. The van der Waals surface area contributed by atoms with Crippen molar-refractivity contribution in [1.29, 1.82) is 0 Å². The molecule has 0 fully saturated rings. The summed E-state index contributed by atoms with van der Waals surface area (Å²) in [5.74, 6) is -5.03. The van der Waals surface area contributed by atoms with Gasteiger partial charge in [-0.3, -0.25) is 4.52 Å². The molecule has 1 aromatic rings. The largest absolute Gasteiger partial charge is 0.465 e. The number of rotatable bonds is 4. The minimum atomic E-state index is -4.32. The maximum atomic E-state index is 12.6. The summed E-state index contributed by atoms with van der Waals surface area (Å²) >= 11 is 0. The quantitative estimate of drug-likeness (QED) is 0.631. The molecule has 0 bridgehead atoms. The van der Waals surface area contributed by atoms with Crippen molar-refractivity contribution in [3.8, 4) is 5.75 Å². The molecule has 0 aromatic heterocycles. The highest BCUT2D eigenvalue weighted by Gasteiger charge is 2.43. The maximum absolute atomic E-state index is 12.6. The van der Waals surface area contributed by atoms with E-state index in [1.165, 1.54) is 12.1 Å². The van der Waals surface area contributed by atoms with E-state index in [-0.39, 0.29) is 11.3 Å². The van der Waals surface area contributed by atoms with Gasteiger partial charge >= 0.3 is 26.9 Å². The van der Waals surface area contributed by atoms with Gasteiger partial charge in [-0.15, -0.1) is 0 Å². The van der Waals surface area contributed by atoms with Crippen molar-refractivity contribution in [3.05, 3.63) is 29.8 Å². The molecule has 104 valence electrons. The summed E-state index contributed by atoms with van der Waals surface area (Å²) in [6.45, 7) is -1.59. The molecular weight excluding hydrogens is 291 g/mol. The number of hydrogen-bond donors (Lipinski definition) is 0.